The van der Waals surface area contributed by atoms with Crippen molar-refractivity contribution in [3.8, 4) is 5.75 Å². The second kappa shape index (κ2) is 8.05. The summed E-state index contributed by atoms with van der Waals surface area (Å²) in [5.41, 5.74) is 1.91. The molecule has 0 atom stereocenters. The van der Waals surface area contributed by atoms with Gasteiger partial charge in [0.1, 0.15) is 17.4 Å². The van der Waals surface area contributed by atoms with E-state index in [9.17, 15) is 18.0 Å². The molecule has 0 unspecified atom stereocenters. The van der Waals surface area contributed by atoms with Crippen LogP contribution in [0.2, 0.25) is 5.02 Å². The number of nitrogens with one attached hydrogen (secondary N) is 1. The number of halogens is 1. The van der Waals surface area contributed by atoms with Crippen LogP contribution in [0.3, 0.4) is 0 Å². The Hall–Kier alpha value is -2.36. The molecule has 0 saturated heterocycles. The van der Waals surface area contributed by atoms with Crippen LogP contribution in [-0.4, -0.2) is 39.3 Å². The number of fused-ring (bicyclic) bond motifs is 2. The lowest BCUT2D eigenvalue weighted by Gasteiger charge is -2.18. The number of hydrogen-bond donors (Lipinski definition) is 1. The van der Waals surface area contributed by atoms with E-state index in [-0.39, 0.29) is 36.7 Å². The molecule has 10 heteroatoms. The lowest BCUT2D eigenvalue weighted by atomic mass is 10.1. The number of thiophene rings is 1. The zero-order valence-corrected chi connectivity index (χ0v) is 18.4. The highest BCUT2D eigenvalue weighted by atomic mass is 35.5. The first-order valence-corrected chi connectivity index (χ1v) is 12.3. The van der Waals surface area contributed by atoms with Gasteiger partial charge in [0.25, 0.3) is 5.91 Å². The minimum absolute atomic E-state index is 0.0347. The Morgan fingerprint density at radius 3 is 2.90 bits per heavy atom. The predicted octanol–water partition coefficient (Wildman–Crippen LogP) is 3.46. The number of anilines is 1. The van der Waals surface area contributed by atoms with Gasteiger partial charge < -0.3 is 14.8 Å². The van der Waals surface area contributed by atoms with Crippen molar-refractivity contribution in [3.63, 3.8) is 0 Å². The Bertz CT molecular complexity index is 1180. The van der Waals surface area contributed by atoms with Crippen molar-refractivity contribution in [2.24, 2.45) is 0 Å². The number of benzene rings is 1. The van der Waals surface area contributed by atoms with Gasteiger partial charge in [0.05, 0.1) is 29.2 Å². The monoisotopic (exact) mass is 467 g/mol. The Labute approximate surface area is 182 Å². The molecule has 0 aliphatic carbocycles. The number of rotatable bonds is 4. The maximum atomic E-state index is 12.9. The van der Waals surface area contributed by atoms with Crippen molar-refractivity contribution in [2.45, 2.75) is 19.1 Å². The molecule has 3 heterocycles. The molecule has 0 saturated carbocycles. The first-order valence-electron chi connectivity index (χ1n) is 9.23. The van der Waals surface area contributed by atoms with Gasteiger partial charge in [0, 0.05) is 15.5 Å². The molecular formula is C20H18ClNO6S2. The highest BCUT2D eigenvalue weighted by Gasteiger charge is 2.32. The van der Waals surface area contributed by atoms with Crippen LogP contribution < -0.4 is 10.1 Å². The fraction of sp³-hybridized carbons (Fsp3) is 0.300. The van der Waals surface area contributed by atoms with E-state index in [4.69, 9.17) is 21.1 Å². The van der Waals surface area contributed by atoms with Crippen molar-refractivity contribution >= 4 is 55.7 Å². The van der Waals surface area contributed by atoms with E-state index in [0.717, 1.165) is 11.3 Å². The summed E-state index contributed by atoms with van der Waals surface area (Å²) in [5.74, 6) is -0.566. The van der Waals surface area contributed by atoms with Crippen LogP contribution in [0.15, 0.2) is 23.8 Å². The first kappa shape index (κ1) is 20.9. The van der Waals surface area contributed by atoms with Gasteiger partial charge >= 0.3 is 5.97 Å². The molecule has 1 amide bonds. The number of amides is 1. The highest BCUT2D eigenvalue weighted by molar-refractivity contribution is 7.90. The molecule has 2 aliphatic rings. The molecule has 1 aromatic carbocycles. The van der Waals surface area contributed by atoms with Gasteiger partial charge in [0.15, 0.2) is 9.84 Å². The van der Waals surface area contributed by atoms with Crippen LogP contribution in [0, 0.1) is 0 Å². The van der Waals surface area contributed by atoms with E-state index in [1.165, 1.54) is 0 Å². The molecule has 2 aliphatic heterocycles. The Kier molecular flexibility index (Phi) is 5.61. The predicted molar refractivity (Wildman–Crippen MR) is 115 cm³/mol. The number of ether oxygens (including phenoxy) is 2. The number of carbonyl (C=O) groups excluding carboxylic acids is 2. The van der Waals surface area contributed by atoms with Crippen LogP contribution in [-0.2, 0) is 31.5 Å². The summed E-state index contributed by atoms with van der Waals surface area (Å²) < 4.78 is 34.8. The summed E-state index contributed by atoms with van der Waals surface area (Å²) in [6, 6.07) is 5.13. The molecule has 2 aromatic rings. The average molecular weight is 468 g/mol. The van der Waals surface area contributed by atoms with Gasteiger partial charge in [-0.15, -0.1) is 11.3 Å². The molecule has 158 valence electrons. The highest BCUT2D eigenvalue weighted by Crippen LogP contribution is 2.39. The zero-order valence-electron chi connectivity index (χ0n) is 16.0. The molecule has 0 radical (unpaired) electrons. The molecule has 1 N–H and O–H groups in total. The standard InChI is InChI=1S/C20H18ClNO6S2/c1-2-27-20(24)17-14-5-6-30(25,26)10-16(14)29-19(17)22-18(23)12-7-11-8-13(21)3-4-15(11)28-9-12/h3-4,7-8H,2,5-6,9-10H2,1H3,(H,22,23). The van der Waals surface area contributed by atoms with Crippen molar-refractivity contribution in [1.82, 2.24) is 0 Å². The molecule has 0 fully saturated rings. The van der Waals surface area contributed by atoms with Crippen LogP contribution in [0.25, 0.3) is 6.08 Å². The van der Waals surface area contributed by atoms with Crippen LogP contribution in [0.1, 0.15) is 33.3 Å². The maximum Gasteiger partial charge on any atom is 0.341 e. The molecule has 0 spiro atoms. The number of carbonyl (C=O) groups is 2. The zero-order chi connectivity index (χ0) is 21.5. The lowest BCUT2D eigenvalue weighted by molar-refractivity contribution is -0.113. The lowest BCUT2D eigenvalue weighted by Crippen LogP contribution is -2.22. The van der Waals surface area contributed by atoms with E-state index in [1.807, 2.05) is 0 Å². The Morgan fingerprint density at radius 2 is 2.13 bits per heavy atom. The van der Waals surface area contributed by atoms with Gasteiger partial charge in [-0.3, -0.25) is 4.79 Å². The van der Waals surface area contributed by atoms with Gasteiger partial charge in [-0.05, 0) is 43.2 Å². The SMILES string of the molecule is CCOC(=O)c1c(NC(=O)C2=Cc3cc(Cl)ccc3OC2)sc2c1CCS(=O)(=O)C2. The Morgan fingerprint density at radius 1 is 1.33 bits per heavy atom. The summed E-state index contributed by atoms with van der Waals surface area (Å²) in [6.45, 7) is 1.92. The van der Waals surface area contributed by atoms with Crippen LogP contribution in [0.5, 0.6) is 5.75 Å². The smallest absolute Gasteiger partial charge is 0.341 e. The fourth-order valence-corrected chi connectivity index (χ4v) is 6.61. The Balaban J connectivity index is 1.66. The third kappa shape index (κ3) is 4.10. The van der Waals surface area contributed by atoms with E-state index < -0.39 is 21.7 Å². The summed E-state index contributed by atoms with van der Waals surface area (Å²) in [7, 11) is -3.22. The molecule has 1 aromatic heterocycles. The summed E-state index contributed by atoms with van der Waals surface area (Å²) >= 11 is 7.11. The summed E-state index contributed by atoms with van der Waals surface area (Å²) in [4.78, 5) is 26.0. The van der Waals surface area contributed by atoms with E-state index in [0.29, 0.717) is 37.4 Å². The topological polar surface area (TPSA) is 98.8 Å². The van der Waals surface area contributed by atoms with E-state index >= 15 is 0 Å². The van der Waals surface area contributed by atoms with E-state index in [1.54, 1.807) is 31.2 Å². The summed E-state index contributed by atoms with van der Waals surface area (Å²) in [5, 5.41) is 3.56. The second-order valence-electron chi connectivity index (χ2n) is 6.86. The van der Waals surface area contributed by atoms with Crippen LogP contribution in [0.4, 0.5) is 5.00 Å². The molecular weight excluding hydrogens is 450 g/mol. The van der Waals surface area contributed by atoms with Crippen molar-refractivity contribution in [1.29, 1.82) is 0 Å². The summed E-state index contributed by atoms with van der Waals surface area (Å²) in [6.07, 6.45) is 1.90. The minimum atomic E-state index is -3.22. The minimum Gasteiger partial charge on any atom is -0.488 e. The van der Waals surface area contributed by atoms with Gasteiger partial charge in [0.2, 0.25) is 0 Å². The molecule has 30 heavy (non-hydrogen) atoms. The van der Waals surface area contributed by atoms with Crippen molar-refractivity contribution in [2.75, 3.05) is 24.3 Å². The van der Waals surface area contributed by atoms with Crippen LogP contribution >= 0.6 is 22.9 Å². The fourth-order valence-electron chi connectivity index (χ4n) is 3.39. The average Bonchev–Trinajstić information content (AvgIpc) is 3.03. The molecule has 7 nitrogen and oxygen atoms in total. The number of sulfone groups is 1. The largest absolute Gasteiger partial charge is 0.488 e. The number of hydrogen-bond acceptors (Lipinski definition) is 7. The van der Waals surface area contributed by atoms with Crippen molar-refractivity contribution < 1.29 is 27.5 Å². The van der Waals surface area contributed by atoms with E-state index in [2.05, 4.69) is 5.32 Å². The molecule has 0 bridgehead atoms. The normalized spacial score (nSPS) is 16.5. The quantitative estimate of drug-likeness (QED) is 0.691. The van der Waals surface area contributed by atoms with Gasteiger partial charge in [-0.2, -0.15) is 0 Å². The van der Waals surface area contributed by atoms with Gasteiger partial charge in [-0.1, -0.05) is 11.6 Å². The molecule has 4 rings (SSSR count). The van der Waals surface area contributed by atoms with Gasteiger partial charge in [-0.25, -0.2) is 13.2 Å². The van der Waals surface area contributed by atoms with Crippen molar-refractivity contribution in [3.05, 3.63) is 50.4 Å². The third-order valence-corrected chi connectivity index (χ3v) is 7.91. The maximum absolute atomic E-state index is 12.9. The second-order valence-corrected chi connectivity index (χ2v) is 10.6. The third-order valence-electron chi connectivity index (χ3n) is 4.79. The first-order chi connectivity index (χ1) is 14.3. The number of esters is 1.